The summed E-state index contributed by atoms with van der Waals surface area (Å²) in [5.41, 5.74) is 0.915. The van der Waals surface area contributed by atoms with E-state index in [-0.39, 0.29) is 4.75 Å². The van der Waals surface area contributed by atoms with Gasteiger partial charge in [-0.25, -0.2) is 4.21 Å². The highest BCUT2D eigenvalue weighted by Crippen LogP contribution is 2.12. The molecule has 0 saturated heterocycles. The quantitative estimate of drug-likeness (QED) is 0.677. The highest BCUT2D eigenvalue weighted by Gasteiger charge is 2.21. The van der Waals surface area contributed by atoms with Gasteiger partial charge >= 0.3 is 0 Å². The van der Waals surface area contributed by atoms with Crippen molar-refractivity contribution in [3.63, 3.8) is 0 Å². The zero-order valence-electron chi connectivity index (χ0n) is 7.01. The summed E-state index contributed by atoms with van der Waals surface area (Å²) in [6.45, 7) is 6.34. The zero-order chi connectivity index (χ0) is 8.48. The molecule has 0 aromatic heterocycles. The fraction of sp³-hybridized carbons (Fsp3) is 0.714. The summed E-state index contributed by atoms with van der Waals surface area (Å²) in [6, 6.07) is 0. The van der Waals surface area contributed by atoms with Gasteiger partial charge in [-0.3, -0.25) is 0 Å². The van der Waals surface area contributed by atoms with E-state index in [4.69, 9.17) is 4.74 Å². The Morgan fingerprint density at radius 1 is 1.64 bits per heavy atom. The molecular formula is C7H13NO2S. The molecule has 0 spiro atoms. The molecule has 0 aromatic rings. The van der Waals surface area contributed by atoms with Gasteiger partial charge in [0, 0.05) is 0 Å². The molecular weight excluding hydrogens is 162 g/mol. The van der Waals surface area contributed by atoms with E-state index in [0.29, 0.717) is 6.61 Å². The fourth-order valence-electron chi connectivity index (χ4n) is 0.492. The third kappa shape index (κ3) is 2.22. The lowest BCUT2D eigenvalue weighted by Gasteiger charge is -2.23. The maximum atomic E-state index is 11.4. The smallest absolute Gasteiger partial charge is 0.131 e. The second-order valence-corrected chi connectivity index (χ2v) is 5.40. The van der Waals surface area contributed by atoms with Crippen molar-refractivity contribution in [1.29, 1.82) is 0 Å². The molecule has 0 fully saturated rings. The monoisotopic (exact) mass is 175 g/mol. The Hall–Kier alpha value is -0.510. The average Bonchev–Trinajstić information content (AvgIpc) is 1.75. The van der Waals surface area contributed by atoms with Crippen LogP contribution in [-0.4, -0.2) is 15.6 Å². The van der Waals surface area contributed by atoms with Crippen LogP contribution < -0.4 is 4.72 Å². The van der Waals surface area contributed by atoms with Gasteiger partial charge in [0.05, 0.1) is 10.4 Å². The summed E-state index contributed by atoms with van der Waals surface area (Å²) in [5.74, 6) is 0. The Labute approximate surface area is 69.4 Å². The van der Waals surface area contributed by atoms with Crippen molar-refractivity contribution in [1.82, 2.24) is 4.72 Å². The summed E-state index contributed by atoms with van der Waals surface area (Å²) in [7, 11) is -1.01. The van der Waals surface area contributed by atoms with Crippen molar-refractivity contribution in [3.05, 3.63) is 12.0 Å². The molecule has 0 bridgehead atoms. The summed E-state index contributed by atoms with van der Waals surface area (Å²) in [6.07, 6.45) is 1.59. The maximum absolute atomic E-state index is 11.4. The van der Waals surface area contributed by atoms with E-state index in [0.717, 1.165) is 5.70 Å². The average molecular weight is 175 g/mol. The zero-order valence-corrected chi connectivity index (χ0v) is 7.83. The fourth-order valence-corrected chi connectivity index (χ4v) is 1.14. The van der Waals surface area contributed by atoms with Crippen molar-refractivity contribution in [3.8, 4) is 0 Å². The van der Waals surface area contributed by atoms with E-state index in [9.17, 15) is 4.21 Å². The van der Waals surface area contributed by atoms with Crippen molar-refractivity contribution in [2.45, 2.75) is 25.5 Å². The Balaban J connectivity index is 2.43. The van der Waals surface area contributed by atoms with Crippen LogP contribution in [0.15, 0.2) is 12.0 Å². The molecule has 1 N–H and O–H groups in total. The third-order valence-electron chi connectivity index (χ3n) is 1.24. The van der Waals surface area contributed by atoms with Crippen LogP contribution in [0.3, 0.4) is 0 Å². The molecule has 1 aliphatic heterocycles. The lowest BCUT2D eigenvalue weighted by atomic mass is 10.3. The van der Waals surface area contributed by atoms with E-state index >= 15 is 0 Å². The van der Waals surface area contributed by atoms with Crippen molar-refractivity contribution in [2.24, 2.45) is 0 Å². The Bertz CT molecular complexity index is 205. The Morgan fingerprint density at radius 2 is 2.18 bits per heavy atom. The van der Waals surface area contributed by atoms with Crippen molar-refractivity contribution >= 4 is 11.0 Å². The molecule has 0 aromatic carbocycles. The SMILES string of the molecule is CC(C)(C)S(=O)NC1=COC1. The minimum absolute atomic E-state index is 0.212. The molecule has 4 heteroatoms. The first-order valence-corrected chi connectivity index (χ1v) is 4.64. The summed E-state index contributed by atoms with van der Waals surface area (Å²) >= 11 is 0. The molecule has 1 atom stereocenters. The summed E-state index contributed by atoms with van der Waals surface area (Å²) in [5, 5.41) is 0. The second kappa shape index (κ2) is 2.85. The van der Waals surface area contributed by atoms with Gasteiger partial charge in [-0.1, -0.05) is 0 Å². The lowest BCUT2D eigenvalue weighted by Crippen LogP contribution is -2.35. The third-order valence-corrected chi connectivity index (χ3v) is 2.80. The first kappa shape index (κ1) is 8.59. The summed E-state index contributed by atoms with van der Waals surface area (Å²) < 4.78 is 18.8. The molecule has 0 saturated carbocycles. The Morgan fingerprint density at radius 3 is 2.45 bits per heavy atom. The number of hydrogen-bond donors (Lipinski definition) is 1. The van der Waals surface area contributed by atoms with E-state index in [1.54, 1.807) is 6.26 Å². The lowest BCUT2D eigenvalue weighted by molar-refractivity contribution is 0.218. The van der Waals surface area contributed by atoms with Crippen LogP contribution in [-0.2, 0) is 15.7 Å². The van der Waals surface area contributed by atoms with E-state index in [1.807, 2.05) is 20.8 Å². The molecule has 64 valence electrons. The highest BCUT2D eigenvalue weighted by molar-refractivity contribution is 7.84. The predicted molar refractivity (Wildman–Crippen MR) is 45.1 cm³/mol. The standard InChI is InChI=1S/C7H13NO2S/c1-7(2,3)11(9)8-6-4-10-5-6/h4,8H,5H2,1-3H3. The largest absolute Gasteiger partial charge is 0.493 e. The molecule has 1 unspecified atom stereocenters. The van der Waals surface area contributed by atoms with Gasteiger partial charge in [0.1, 0.15) is 23.9 Å². The van der Waals surface area contributed by atoms with Gasteiger partial charge in [0.2, 0.25) is 0 Å². The van der Waals surface area contributed by atoms with Crippen LogP contribution in [0.5, 0.6) is 0 Å². The second-order valence-electron chi connectivity index (χ2n) is 3.44. The maximum Gasteiger partial charge on any atom is 0.131 e. The first-order chi connectivity index (χ1) is 5.00. The minimum Gasteiger partial charge on any atom is -0.493 e. The molecule has 11 heavy (non-hydrogen) atoms. The van der Waals surface area contributed by atoms with E-state index < -0.39 is 11.0 Å². The van der Waals surface area contributed by atoms with Gasteiger partial charge in [-0.05, 0) is 20.8 Å². The molecule has 1 heterocycles. The Kier molecular flexibility index (Phi) is 2.23. The molecule has 1 aliphatic rings. The van der Waals surface area contributed by atoms with Crippen molar-refractivity contribution < 1.29 is 8.95 Å². The van der Waals surface area contributed by atoms with Crippen LogP contribution in [0, 0.1) is 0 Å². The number of hydrogen-bond acceptors (Lipinski definition) is 2. The van der Waals surface area contributed by atoms with Gasteiger partial charge < -0.3 is 9.46 Å². The number of rotatable bonds is 2. The normalized spacial score (nSPS) is 19.4. The van der Waals surface area contributed by atoms with Gasteiger partial charge in [0.25, 0.3) is 0 Å². The topological polar surface area (TPSA) is 38.3 Å². The molecule has 0 radical (unpaired) electrons. The van der Waals surface area contributed by atoms with Crippen LogP contribution in [0.2, 0.25) is 0 Å². The summed E-state index contributed by atoms with van der Waals surface area (Å²) in [4.78, 5) is 0. The molecule has 3 nitrogen and oxygen atoms in total. The van der Waals surface area contributed by atoms with Crippen molar-refractivity contribution in [2.75, 3.05) is 6.61 Å². The van der Waals surface area contributed by atoms with Crippen LogP contribution in [0.1, 0.15) is 20.8 Å². The number of nitrogens with one attached hydrogen (secondary N) is 1. The van der Waals surface area contributed by atoms with Gasteiger partial charge in [-0.15, -0.1) is 0 Å². The molecule has 0 amide bonds. The van der Waals surface area contributed by atoms with E-state index in [2.05, 4.69) is 4.72 Å². The van der Waals surface area contributed by atoms with E-state index in [1.165, 1.54) is 0 Å². The van der Waals surface area contributed by atoms with Gasteiger partial charge in [-0.2, -0.15) is 0 Å². The number of ether oxygens (including phenoxy) is 1. The van der Waals surface area contributed by atoms with Crippen LogP contribution in [0.4, 0.5) is 0 Å². The molecule has 0 aliphatic carbocycles. The van der Waals surface area contributed by atoms with Crippen LogP contribution >= 0.6 is 0 Å². The first-order valence-electron chi connectivity index (χ1n) is 3.49. The molecule has 1 rings (SSSR count). The van der Waals surface area contributed by atoms with Gasteiger partial charge in [0.15, 0.2) is 0 Å². The highest BCUT2D eigenvalue weighted by atomic mass is 32.2. The minimum atomic E-state index is -1.01. The van der Waals surface area contributed by atoms with Crippen LogP contribution in [0.25, 0.3) is 0 Å². The predicted octanol–water partition coefficient (Wildman–Crippen LogP) is 0.910.